The Kier molecular flexibility index (Phi) is 4.91. The predicted octanol–water partition coefficient (Wildman–Crippen LogP) is 3.97. The standard InChI is InChI=1S/C15H16ClF2N3O2S2/c1-8-6-21(7-9(8)2)11-5-10(17)14(13(18)12(11)16)25(22,23)20-15-19-3-4-24-15/h3-5,8-9H,6-7H2,1-2H3,(H,19,20)/t8-,9-/m0/s1. The third kappa shape index (κ3) is 3.45. The summed E-state index contributed by atoms with van der Waals surface area (Å²) in [6.07, 6.45) is 1.38. The van der Waals surface area contributed by atoms with Gasteiger partial charge in [-0.2, -0.15) is 0 Å². The molecule has 2 aromatic rings. The van der Waals surface area contributed by atoms with E-state index in [0.717, 1.165) is 17.4 Å². The first-order chi connectivity index (χ1) is 11.7. The molecule has 1 aliphatic rings. The van der Waals surface area contributed by atoms with E-state index in [1.807, 2.05) is 13.8 Å². The largest absolute Gasteiger partial charge is 0.370 e. The van der Waals surface area contributed by atoms with Crippen molar-refractivity contribution in [2.45, 2.75) is 18.7 Å². The van der Waals surface area contributed by atoms with Gasteiger partial charge >= 0.3 is 0 Å². The molecular formula is C15H16ClF2N3O2S2. The SMILES string of the molecule is C[C@H]1CN(c2cc(F)c(S(=O)(=O)Nc3nccs3)c(F)c2Cl)C[C@@H]1C. The van der Waals surface area contributed by atoms with Gasteiger partial charge in [-0.3, -0.25) is 4.72 Å². The van der Waals surface area contributed by atoms with E-state index in [1.54, 1.807) is 4.90 Å². The molecule has 1 N–H and O–H groups in total. The molecule has 2 atom stereocenters. The number of nitrogens with zero attached hydrogens (tertiary/aromatic N) is 2. The first kappa shape index (κ1) is 18.3. The first-order valence-corrected chi connectivity index (χ1v) is 10.3. The highest BCUT2D eigenvalue weighted by atomic mass is 35.5. The molecule has 0 spiro atoms. The molecule has 10 heteroatoms. The van der Waals surface area contributed by atoms with Crippen LogP contribution in [0.5, 0.6) is 0 Å². The number of thiazole rings is 1. The molecule has 1 aromatic heterocycles. The maximum atomic E-state index is 14.7. The second kappa shape index (κ2) is 6.69. The summed E-state index contributed by atoms with van der Waals surface area (Å²) in [6.45, 7) is 5.29. The fraction of sp³-hybridized carbons (Fsp3) is 0.400. The molecule has 0 radical (unpaired) electrons. The topological polar surface area (TPSA) is 62.3 Å². The number of sulfonamides is 1. The average Bonchev–Trinajstić information content (AvgIpc) is 3.13. The van der Waals surface area contributed by atoms with Crippen molar-refractivity contribution in [3.8, 4) is 0 Å². The highest BCUT2D eigenvalue weighted by Gasteiger charge is 2.33. The van der Waals surface area contributed by atoms with Crippen LogP contribution in [0.2, 0.25) is 5.02 Å². The molecule has 1 fully saturated rings. The van der Waals surface area contributed by atoms with Gasteiger partial charge in [-0.25, -0.2) is 22.2 Å². The van der Waals surface area contributed by atoms with E-state index in [9.17, 15) is 17.2 Å². The van der Waals surface area contributed by atoms with Crippen molar-refractivity contribution in [3.05, 3.63) is 34.3 Å². The molecular weight excluding hydrogens is 392 g/mol. The fourth-order valence-corrected chi connectivity index (χ4v) is 5.07. The highest BCUT2D eigenvalue weighted by molar-refractivity contribution is 7.93. The zero-order valence-electron chi connectivity index (χ0n) is 13.5. The Bertz CT molecular complexity index is 881. The second-order valence-electron chi connectivity index (χ2n) is 6.14. The van der Waals surface area contributed by atoms with Crippen LogP contribution in [0.15, 0.2) is 22.5 Å². The van der Waals surface area contributed by atoms with Crippen molar-refractivity contribution >= 4 is 43.8 Å². The molecule has 25 heavy (non-hydrogen) atoms. The lowest BCUT2D eigenvalue weighted by molar-refractivity contribution is 0.494. The van der Waals surface area contributed by atoms with E-state index in [-0.39, 0.29) is 10.8 Å². The molecule has 0 amide bonds. The van der Waals surface area contributed by atoms with Gasteiger partial charge in [0.25, 0.3) is 10.0 Å². The molecule has 1 aromatic carbocycles. The lowest BCUT2D eigenvalue weighted by atomic mass is 10.0. The Labute approximate surface area is 153 Å². The predicted molar refractivity (Wildman–Crippen MR) is 94.8 cm³/mol. The van der Waals surface area contributed by atoms with Gasteiger partial charge in [-0.1, -0.05) is 25.4 Å². The Morgan fingerprint density at radius 2 is 1.96 bits per heavy atom. The van der Waals surface area contributed by atoms with Crippen molar-refractivity contribution in [2.24, 2.45) is 11.8 Å². The van der Waals surface area contributed by atoms with Crippen LogP contribution in [0.25, 0.3) is 0 Å². The van der Waals surface area contributed by atoms with Gasteiger partial charge in [0.2, 0.25) is 0 Å². The zero-order chi connectivity index (χ0) is 18.4. The molecule has 5 nitrogen and oxygen atoms in total. The van der Waals surface area contributed by atoms with Gasteiger partial charge in [0.1, 0.15) is 10.8 Å². The van der Waals surface area contributed by atoms with Crippen LogP contribution in [0.4, 0.5) is 19.6 Å². The Morgan fingerprint density at radius 1 is 1.32 bits per heavy atom. The number of hydrogen-bond donors (Lipinski definition) is 1. The van der Waals surface area contributed by atoms with E-state index in [0.29, 0.717) is 24.9 Å². The highest BCUT2D eigenvalue weighted by Crippen LogP contribution is 2.38. The quantitative estimate of drug-likeness (QED) is 0.779. The second-order valence-corrected chi connectivity index (χ2v) is 9.03. The zero-order valence-corrected chi connectivity index (χ0v) is 15.9. The first-order valence-electron chi connectivity index (χ1n) is 7.55. The van der Waals surface area contributed by atoms with Gasteiger partial charge in [-0.05, 0) is 11.8 Å². The summed E-state index contributed by atoms with van der Waals surface area (Å²) >= 11 is 7.04. The molecule has 136 valence electrons. The summed E-state index contributed by atoms with van der Waals surface area (Å²) in [5.74, 6) is -1.80. The van der Waals surface area contributed by atoms with Crippen molar-refractivity contribution in [1.29, 1.82) is 0 Å². The summed E-state index contributed by atoms with van der Waals surface area (Å²) in [5, 5.41) is 1.15. The average molecular weight is 408 g/mol. The van der Waals surface area contributed by atoms with Crippen molar-refractivity contribution in [1.82, 2.24) is 4.98 Å². The van der Waals surface area contributed by atoms with Gasteiger partial charge < -0.3 is 4.90 Å². The summed E-state index contributed by atoms with van der Waals surface area (Å²) in [4.78, 5) is 4.42. The maximum Gasteiger partial charge on any atom is 0.269 e. The maximum absolute atomic E-state index is 14.7. The number of halogens is 3. The van der Waals surface area contributed by atoms with Crippen molar-refractivity contribution < 1.29 is 17.2 Å². The third-order valence-electron chi connectivity index (χ3n) is 4.35. The molecule has 0 aliphatic carbocycles. The van der Waals surface area contributed by atoms with Crippen molar-refractivity contribution in [2.75, 3.05) is 22.7 Å². The number of nitrogens with one attached hydrogen (secondary N) is 1. The number of hydrogen-bond acceptors (Lipinski definition) is 5. The minimum Gasteiger partial charge on any atom is -0.370 e. The lowest BCUT2D eigenvalue weighted by Crippen LogP contribution is -2.22. The molecule has 0 unspecified atom stereocenters. The van der Waals surface area contributed by atoms with E-state index in [2.05, 4.69) is 9.71 Å². The summed E-state index contributed by atoms with van der Waals surface area (Å²) < 4.78 is 55.9. The van der Waals surface area contributed by atoms with Crippen LogP contribution in [-0.4, -0.2) is 26.5 Å². The van der Waals surface area contributed by atoms with E-state index in [4.69, 9.17) is 11.6 Å². The monoisotopic (exact) mass is 407 g/mol. The molecule has 1 aliphatic heterocycles. The lowest BCUT2D eigenvalue weighted by Gasteiger charge is -2.21. The number of benzene rings is 1. The number of rotatable bonds is 4. The minimum absolute atomic E-state index is 0.0150. The van der Waals surface area contributed by atoms with Gasteiger partial charge in [0.05, 0.1) is 5.69 Å². The Balaban J connectivity index is 2.01. The number of aromatic nitrogens is 1. The van der Waals surface area contributed by atoms with Crippen LogP contribution in [0, 0.1) is 23.5 Å². The summed E-state index contributed by atoms with van der Waals surface area (Å²) in [5.41, 5.74) is 0.168. The molecule has 3 rings (SSSR count). The van der Waals surface area contributed by atoms with Crippen LogP contribution < -0.4 is 9.62 Å². The van der Waals surface area contributed by atoms with E-state index in [1.165, 1.54) is 11.6 Å². The third-order valence-corrected chi connectivity index (χ3v) is 6.90. The summed E-state index contributed by atoms with van der Waals surface area (Å²) in [6, 6.07) is 0.979. The molecule has 1 saturated heterocycles. The van der Waals surface area contributed by atoms with Gasteiger partial charge in [0, 0.05) is 30.7 Å². The van der Waals surface area contributed by atoms with Crippen LogP contribution in [-0.2, 0) is 10.0 Å². The normalized spacial score (nSPS) is 20.9. The minimum atomic E-state index is -4.48. The van der Waals surface area contributed by atoms with E-state index >= 15 is 0 Å². The molecule has 0 bridgehead atoms. The van der Waals surface area contributed by atoms with Gasteiger partial charge in [-0.15, -0.1) is 11.3 Å². The van der Waals surface area contributed by atoms with E-state index < -0.39 is 31.6 Å². The fourth-order valence-electron chi connectivity index (χ4n) is 2.81. The Morgan fingerprint density at radius 3 is 2.52 bits per heavy atom. The molecule has 2 heterocycles. The summed E-state index contributed by atoms with van der Waals surface area (Å²) in [7, 11) is -4.48. The van der Waals surface area contributed by atoms with Crippen LogP contribution in [0.1, 0.15) is 13.8 Å². The number of anilines is 2. The smallest absolute Gasteiger partial charge is 0.269 e. The van der Waals surface area contributed by atoms with Crippen LogP contribution in [0.3, 0.4) is 0 Å². The van der Waals surface area contributed by atoms with Gasteiger partial charge in [0.15, 0.2) is 15.8 Å². The molecule has 0 saturated carbocycles. The van der Waals surface area contributed by atoms with Crippen molar-refractivity contribution in [3.63, 3.8) is 0 Å². The van der Waals surface area contributed by atoms with Crippen LogP contribution >= 0.6 is 22.9 Å². The Hall–Kier alpha value is -1.45.